The molecule has 0 spiro atoms. The van der Waals surface area contributed by atoms with Crippen LogP contribution in [0.4, 0.5) is 0 Å². The average Bonchev–Trinajstić information content (AvgIpc) is 3.03. The van der Waals surface area contributed by atoms with E-state index < -0.39 is 0 Å². The number of rotatable bonds is 3. The maximum absolute atomic E-state index is 11.8. The summed E-state index contributed by atoms with van der Waals surface area (Å²) in [7, 11) is 3.40. The first kappa shape index (κ1) is 15.2. The van der Waals surface area contributed by atoms with Crippen LogP contribution in [0.2, 0.25) is 0 Å². The molecule has 0 aliphatic heterocycles. The molecule has 3 aromatic heterocycles. The Morgan fingerprint density at radius 3 is 2.52 bits per heavy atom. The van der Waals surface area contributed by atoms with Gasteiger partial charge in [-0.1, -0.05) is 30.3 Å². The van der Waals surface area contributed by atoms with Crippen LogP contribution in [-0.2, 0) is 7.05 Å². The Morgan fingerprint density at radius 1 is 1.00 bits per heavy atom. The molecule has 0 amide bonds. The summed E-state index contributed by atoms with van der Waals surface area (Å²) in [6.45, 7) is 0. The lowest BCUT2D eigenvalue weighted by Crippen LogP contribution is -2.13. The van der Waals surface area contributed by atoms with Crippen molar-refractivity contribution in [3.05, 3.63) is 77.3 Å². The number of nitrogens with zero attached hydrogens (tertiary/aromatic N) is 3. The largest absolute Gasteiger partial charge is 0.497 e. The number of benzene rings is 1. The predicted octanol–water partition coefficient (Wildman–Crippen LogP) is 3.38. The number of hydrogen-bond donors (Lipinski definition) is 0. The maximum Gasteiger partial charge on any atom is 0.250 e. The third-order valence-corrected chi connectivity index (χ3v) is 4.26. The van der Waals surface area contributed by atoms with Gasteiger partial charge in [0.2, 0.25) is 5.56 Å². The Bertz CT molecular complexity index is 1110. The topological polar surface area (TPSA) is 48.5 Å². The van der Waals surface area contributed by atoms with E-state index in [-0.39, 0.29) is 5.56 Å². The van der Waals surface area contributed by atoms with E-state index >= 15 is 0 Å². The van der Waals surface area contributed by atoms with E-state index in [0.717, 1.165) is 33.7 Å². The van der Waals surface area contributed by atoms with Crippen LogP contribution in [-0.4, -0.2) is 21.3 Å². The zero-order chi connectivity index (χ0) is 17.4. The van der Waals surface area contributed by atoms with E-state index in [1.807, 2.05) is 65.4 Å². The fourth-order valence-electron chi connectivity index (χ4n) is 2.98. The third kappa shape index (κ3) is 2.59. The summed E-state index contributed by atoms with van der Waals surface area (Å²) in [6.07, 6.45) is 3.72. The highest BCUT2D eigenvalue weighted by Crippen LogP contribution is 2.35. The van der Waals surface area contributed by atoms with Crippen molar-refractivity contribution in [1.82, 2.24) is 14.2 Å². The summed E-state index contributed by atoms with van der Waals surface area (Å²) in [5.74, 6) is 0.762. The molecule has 0 atom stereocenters. The molecular formula is C20H17N3O2. The zero-order valence-corrected chi connectivity index (χ0v) is 14.0. The fourth-order valence-corrected chi connectivity index (χ4v) is 2.98. The van der Waals surface area contributed by atoms with Gasteiger partial charge in [-0.3, -0.25) is 4.79 Å². The Hall–Kier alpha value is -3.34. The Morgan fingerprint density at radius 2 is 1.80 bits per heavy atom. The normalized spacial score (nSPS) is 11.0. The summed E-state index contributed by atoms with van der Waals surface area (Å²) < 4.78 is 8.79. The monoisotopic (exact) mass is 331 g/mol. The smallest absolute Gasteiger partial charge is 0.250 e. The van der Waals surface area contributed by atoms with E-state index in [9.17, 15) is 4.79 Å². The fraction of sp³-hybridized carbons (Fsp3) is 0.100. The molecule has 0 unspecified atom stereocenters. The number of pyridine rings is 2. The van der Waals surface area contributed by atoms with Crippen molar-refractivity contribution in [2.75, 3.05) is 7.11 Å². The minimum atomic E-state index is -0.0425. The molecule has 0 radical (unpaired) electrons. The van der Waals surface area contributed by atoms with Gasteiger partial charge in [0.05, 0.1) is 12.6 Å². The summed E-state index contributed by atoms with van der Waals surface area (Å²) in [5.41, 5.74) is 4.68. The predicted molar refractivity (Wildman–Crippen MR) is 97.9 cm³/mol. The molecule has 5 nitrogen and oxygen atoms in total. The molecule has 4 rings (SSSR count). The number of ether oxygens (including phenoxy) is 1. The second kappa shape index (κ2) is 5.94. The highest BCUT2D eigenvalue weighted by Gasteiger charge is 2.17. The SMILES string of the molecule is COc1ccn2nc(-c3ccccc3)c(-c3ccc(=O)n(C)c3)c2c1. The van der Waals surface area contributed by atoms with Crippen LogP contribution in [0.25, 0.3) is 27.9 Å². The van der Waals surface area contributed by atoms with E-state index in [1.165, 1.54) is 0 Å². The lowest BCUT2D eigenvalue weighted by atomic mass is 10.0. The number of fused-ring (bicyclic) bond motifs is 1. The quantitative estimate of drug-likeness (QED) is 0.578. The van der Waals surface area contributed by atoms with Crippen LogP contribution in [0.3, 0.4) is 0 Å². The van der Waals surface area contributed by atoms with Crippen LogP contribution in [0.5, 0.6) is 5.75 Å². The molecule has 0 aliphatic rings. The van der Waals surface area contributed by atoms with E-state index in [4.69, 9.17) is 9.84 Å². The van der Waals surface area contributed by atoms with Gasteiger partial charge in [-0.2, -0.15) is 5.10 Å². The van der Waals surface area contributed by atoms with Crippen molar-refractivity contribution in [2.24, 2.45) is 7.05 Å². The minimum absolute atomic E-state index is 0.0425. The zero-order valence-electron chi connectivity index (χ0n) is 14.0. The highest BCUT2D eigenvalue weighted by molar-refractivity contribution is 5.92. The van der Waals surface area contributed by atoms with Gasteiger partial charge in [-0.05, 0) is 12.1 Å². The van der Waals surface area contributed by atoms with Gasteiger partial charge in [0.25, 0.3) is 0 Å². The number of aromatic nitrogens is 3. The summed E-state index contributed by atoms with van der Waals surface area (Å²) in [5, 5.41) is 4.76. The van der Waals surface area contributed by atoms with Gasteiger partial charge in [0, 0.05) is 48.3 Å². The lowest BCUT2D eigenvalue weighted by Gasteiger charge is -2.06. The van der Waals surface area contributed by atoms with Crippen molar-refractivity contribution in [2.45, 2.75) is 0 Å². The summed E-state index contributed by atoms with van der Waals surface area (Å²) in [4.78, 5) is 11.8. The first-order valence-corrected chi connectivity index (χ1v) is 7.96. The Balaban J connectivity index is 2.07. The molecule has 0 saturated heterocycles. The van der Waals surface area contributed by atoms with Gasteiger partial charge in [0.1, 0.15) is 11.4 Å². The van der Waals surface area contributed by atoms with Crippen molar-refractivity contribution >= 4 is 5.52 Å². The molecule has 25 heavy (non-hydrogen) atoms. The molecule has 0 N–H and O–H groups in total. The van der Waals surface area contributed by atoms with Crippen molar-refractivity contribution in [3.63, 3.8) is 0 Å². The molecule has 1 aromatic carbocycles. The molecule has 4 aromatic rings. The van der Waals surface area contributed by atoms with Crippen LogP contribution in [0.15, 0.2) is 71.8 Å². The summed E-state index contributed by atoms with van der Waals surface area (Å²) in [6, 6.07) is 17.3. The first-order valence-electron chi connectivity index (χ1n) is 7.96. The molecule has 0 bridgehead atoms. The van der Waals surface area contributed by atoms with E-state index in [2.05, 4.69) is 0 Å². The standard InChI is InChI=1S/C20H17N3O2/c1-22-13-15(8-9-18(22)24)19-17-12-16(25-2)10-11-23(17)21-20(19)14-6-4-3-5-7-14/h3-13H,1-2H3. The molecule has 124 valence electrons. The second-order valence-electron chi connectivity index (χ2n) is 5.85. The van der Waals surface area contributed by atoms with Crippen LogP contribution < -0.4 is 10.3 Å². The molecular weight excluding hydrogens is 314 g/mol. The number of methoxy groups -OCH3 is 1. The molecule has 3 heterocycles. The van der Waals surface area contributed by atoms with Gasteiger partial charge in [0.15, 0.2) is 0 Å². The van der Waals surface area contributed by atoms with Crippen molar-refractivity contribution < 1.29 is 4.74 Å². The van der Waals surface area contributed by atoms with Crippen LogP contribution in [0, 0.1) is 0 Å². The molecule has 0 fully saturated rings. The Kier molecular flexibility index (Phi) is 3.61. The van der Waals surface area contributed by atoms with Gasteiger partial charge >= 0.3 is 0 Å². The van der Waals surface area contributed by atoms with Crippen LogP contribution >= 0.6 is 0 Å². The molecule has 0 aliphatic carbocycles. The maximum atomic E-state index is 11.8. The summed E-state index contributed by atoms with van der Waals surface area (Å²) >= 11 is 0. The average molecular weight is 331 g/mol. The van der Waals surface area contributed by atoms with E-state index in [1.54, 1.807) is 24.8 Å². The lowest BCUT2D eigenvalue weighted by molar-refractivity contribution is 0.414. The van der Waals surface area contributed by atoms with Gasteiger partial charge in [-0.15, -0.1) is 0 Å². The highest BCUT2D eigenvalue weighted by atomic mass is 16.5. The van der Waals surface area contributed by atoms with Crippen LogP contribution in [0.1, 0.15) is 0 Å². The second-order valence-corrected chi connectivity index (χ2v) is 5.85. The first-order chi connectivity index (χ1) is 12.2. The van der Waals surface area contributed by atoms with E-state index in [0.29, 0.717) is 0 Å². The van der Waals surface area contributed by atoms with Gasteiger partial charge in [-0.25, -0.2) is 4.52 Å². The third-order valence-electron chi connectivity index (χ3n) is 4.26. The number of hydrogen-bond acceptors (Lipinski definition) is 3. The Labute approximate surface area is 144 Å². The van der Waals surface area contributed by atoms with Gasteiger partial charge < -0.3 is 9.30 Å². The molecule has 0 saturated carbocycles. The van der Waals surface area contributed by atoms with Crippen molar-refractivity contribution in [1.29, 1.82) is 0 Å². The minimum Gasteiger partial charge on any atom is -0.497 e. The number of aryl methyl sites for hydroxylation is 1. The van der Waals surface area contributed by atoms with Crippen molar-refractivity contribution in [3.8, 4) is 28.1 Å². The molecule has 5 heteroatoms.